The quantitative estimate of drug-likeness (QED) is 0.594. The molecule has 1 saturated heterocycles. The molecule has 0 aromatic rings. The van der Waals surface area contributed by atoms with Crippen molar-refractivity contribution in [3.05, 3.63) is 23.8 Å². The number of hydrogen-bond donors (Lipinski definition) is 0. The number of hydrogen-bond acceptors (Lipinski definition) is 1. The molecule has 0 radical (unpaired) electrons. The van der Waals surface area contributed by atoms with E-state index in [1.54, 1.807) is 5.57 Å². The topological polar surface area (TPSA) is 3.24 Å². The molecule has 0 aromatic carbocycles. The Balaban J connectivity index is 1.94. The Hall–Kier alpha value is -0.560. The van der Waals surface area contributed by atoms with E-state index in [-0.39, 0.29) is 0 Å². The van der Waals surface area contributed by atoms with Crippen molar-refractivity contribution >= 4 is 0 Å². The molecule has 0 aromatic heterocycles. The van der Waals surface area contributed by atoms with Crippen molar-refractivity contribution in [3.63, 3.8) is 0 Å². The van der Waals surface area contributed by atoms with Crippen molar-refractivity contribution in [1.29, 1.82) is 0 Å². The maximum absolute atomic E-state index is 2.93. The second-order valence-electron chi connectivity index (χ2n) is 10.2. The van der Waals surface area contributed by atoms with E-state index < -0.39 is 0 Å². The van der Waals surface area contributed by atoms with Crippen LogP contribution in [0.1, 0.15) is 80.1 Å². The van der Waals surface area contributed by atoms with E-state index in [1.807, 2.05) is 0 Å². The maximum Gasteiger partial charge on any atom is 0.0383 e. The third-order valence-corrected chi connectivity index (χ3v) is 7.11. The molecule has 2 fully saturated rings. The first-order valence-electron chi connectivity index (χ1n) is 10.4. The molecule has 0 amide bonds. The van der Waals surface area contributed by atoms with Gasteiger partial charge in [0.1, 0.15) is 0 Å². The van der Waals surface area contributed by atoms with Crippen LogP contribution in [0.15, 0.2) is 23.8 Å². The molecule has 0 bridgehead atoms. The molecule has 1 aliphatic heterocycles. The fraction of sp³-hybridized carbons (Fsp3) is 0.826. The Bertz CT molecular complexity index is 502. The summed E-state index contributed by atoms with van der Waals surface area (Å²) in [6, 6.07) is 0.603. The van der Waals surface area contributed by atoms with Gasteiger partial charge in [0.2, 0.25) is 0 Å². The van der Waals surface area contributed by atoms with Gasteiger partial charge in [0.05, 0.1) is 0 Å². The van der Waals surface area contributed by atoms with Gasteiger partial charge < -0.3 is 0 Å². The van der Waals surface area contributed by atoms with E-state index in [0.29, 0.717) is 34.7 Å². The van der Waals surface area contributed by atoms with Crippen LogP contribution in [0.2, 0.25) is 0 Å². The third-order valence-electron chi connectivity index (χ3n) is 7.11. The lowest BCUT2D eigenvalue weighted by Gasteiger charge is -2.46. The van der Waals surface area contributed by atoms with Crippen LogP contribution in [0.3, 0.4) is 0 Å². The minimum absolute atomic E-state index is 0.328. The minimum Gasteiger partial charge on any atom is -0.290 e. The van der Waals surface area contributed by atoms with Crippen molar-refractivity contribution in [1.82, 2.24) is 4.90 Å². The Labute approximate surface area is 150 Å². The molecule has 1 nitrogen and oxygen atoms in total. The van der Waals surface area contributed by atoms with E-state index in [0.717, 1.165) is 0 Å². The van der Waals surface area contributed by atoms with Gasteiger partial charge in [-0.05, 0) is 61.9 Å². The van der Waals surface area contributed by atoms with Crippen LogP contribution in [-0.2, 0) is 0 Å². The predicted molar refractivity (Wildman–Crippen MR) is 105 cm³/mol. The molecule has 1 heteroatoms. The molecule has 3 aliphatic rings. The van der Waals surface area contributed by atoms with Crippen molar-refractivity contribution < 1.29 is 0 Å². The highest BCUT2D eigenvalue weighted by molar-refractivity contribution is 5.30. The molecule has 2 aliphatic carbocycles. The summed E-state index contributed by atoms with van der Waals surface area (Å²) in [5.41, 5.74) is 2.60. The number of nitrogens with zero attached hydrogens (tertiary/aromatic N) is 1. The van der Waals surface area contributed by atoms with Crippen LogP contribution in [0, 0.1) is 23.2 Å². The molecule has 1 unspecified atom stereocenters. The van der Waals surface area contributed by atoms with Crippen LogP contribution in [0.5, 0.6) is 0 Å². The standard InChI is InChI=1S/C23H39N/c1-17(2)19-11-10-12-20(18(3)4)21(19)24-16-23(15-22(24,5)6)13-8-7-9-14-23/h10-12,17-19,21H,7-9,13-16H2,1-6H3/t19?,21-/m0/s1. The molecule has 136 valence electrons. The van der Waals surface area contributed by atoms with Gasteiger partial charge >= 0.3 is 0 Å². The summed E-state index contributed by atoms with van der Waals surface area (Å²) in [7, 11) is 0. The van der Waals surface area contributed by atoms with Gasteiger partial charge in [0.25, 0.3) is 0 Å². The predicted octanol–water partition coefficient (Wildman–Crippen LogP) is 6.21. The number of likely N-dealkylation sites (tertiary alicyclic amines) is 1. The molecular formula is C23H39N. The molecule has 3 rings (SSSR count). The van der Waals surface area contributed by atoms with Gasteiger partial charge in [-0.3, -0.25) is 4.90 Å². The summed E-state index contributed by atoms with van der Waals surface area (Å²) < 4.78 is 0. The minimum atomic E-state index is 0.328. The van der Waals surface area contributed by atoms with E-state index in [4.69, 9.17) is 0 Å². The second kappa shape index (κ2) is 6.63. The molecule has 0 N–H and O–H groups in total. The highest BCUT2D eigenvalue weighted by Crippen LogP contribution is 2.53. The fourth-order valence-electron chi connectivity index (χ4n) is 5.99. The average molecular weight is 330 g/mol. The summed E-state index contributed by atoms with van der Waals surface area (Å²) in [6.45, 7) is 15.9. The number of rotatable bonds is 3. The molecule has 1 heterocycles. The monoisotopic (exact) mass is 329 g/mol. The highest BCUT2D eigenvalue weighted by Gasteiger charge is 2.52. The van der Waals surface area contributed by atoms with Crippen LogP contribution in [0.25, 0.3) is 0 Å². The summed E-state index contributed by atoms with van der Waals surface area (Å²) in [4.78, 5) is 2.93. The lowest BCUT2D eigenvalue weighted by Crippen LogP contribution is -2.52. The zero-order valence-electron chi connectivity index (χ0n) is 16.9. The third kappa shape index (κ3) is 3.26. The highest BCUT2D eigenvalue weighted by atomic mass is 15.3. The lowest BCUT2D eigenvalue weighted by atomic mass is 9.71. The van der Waals surface area contributed by atoms with E-state index in [2.05, 4.69) is 64.7 Å². The van der Waals surface area contributed by atoms with E-state index in [1.165, 1.54) is 45.1 Å². The first-order chi connectivity index (χ1) is 11.3. The summed E-state index contributed by atoms with van der Waals surface area (Å²) in [6.07, 6.45) is 15.9. The van der Waals surface area contributed by atoms with Crippen molar-refractivity contribution in [2.24, 2.45) is 23.2 Å². The average Bonchev–Trinajstić information content (AvgIpc) is 2.77. The lowest BCUT2D eigenvalue weighted by molar-refractivity contribution is 0.0846. The first kappa shape index (κ1) is 18.2. The van der Waals surface area contributed by atoms with Crippen molar-refractivity contribution in [2.45, 2.75) is 91.6 Å². The Morgan fingerprint density at radius 1 is 1.04 bits per heavy atom. The zero-order valence-corrected chi connectivity index (χ0v) is 16.9. The Morgan fingerprint density at radius 2 is 1.71 bits per heavy atom. The SMILES string of the molecule is CC(C)C1=CC=CC(C(C)C)[C@@H]1N1CC2(CCCCC2)CC1(C)C. The summed E-state index contributed by atoms with van der Waals surface area (Å²) >= 11 is 0. The smallest absolute Gasteiger partial charge is 0.0383 e. The molecule has 1 saturated carbocycles. The van der Waals surface area contributed by atoms with Crippen molar-refractivity contribution in [3.8, 4) is 0 Å². The van der Waals surface area contributed by atoms with Gasteiger partial charge in [-0.15, -0.1) is 0 Å². The molecule has 24 heavy (non-hydrogen) atoms. The van der Waals surface area contributed by atoms with E-state index >= 15 is 0 Å². The summed E-state index contributed by atoms with van der Waals surface area (Å²) in [5.74, 6) is 2.00. The Kier molecular flexibility index (Phi) is 5.04. The first-order valence-corrected chi connectivity index (χ1v) is 10.4. The van der Waals surface area contributed by atoms with Crippen LogP contribution in [-0.4, -0.2) is 23.0 Å². The number of allylic oxidation sites excluding steroid dienone is 2. The maximum atomic E-state index is 2.93. The Morgan fingerprint density at radius 3 is 2.29 bits per heavy atom. The van der Waals surface area contributed by atoms with Crippen LogP contribution >= 0.6 is 0 Å². The van der Waals surface area contributed by atoms with Crippen LogP contribution < -0.4 is 0 Å². The second-order valence-corrected chi connectivity index (χ2v) is 10.2. The van der Waals surface area contributed by atoms with Crippen molar-refractivity contribution in [2.75, 3.05) is 6.54 Å². The van der Waals surface area contributed by atoms with Gasteiger partial charge in [0.15, 0.2) is 0 Å². The van der Waals surface area contributed by atoms with Gasteiger partial charge in [0, 0.05) is 18.1 Å². The normalized spacial score (nSPS) is 32.8. The van der Waals surface area contributed by atoms with E-state index in [9.17, 15) is 0 Å². The zero-order chi connectivity index (χ0) is 17.5. The fourth-order valence-corrected chi connectivity index (χ4v) is 5.99. The molecular weight excluding hydrogens is 290 g/mol. The summed E-state index contributed by atoms with van der Waals surface area (Å²) in [5, 5.41) is 0. The van der Waals surface area contributed by atoms with Gasteiger partial charge in [-0.2, -0.15) is 0 Å². The largest absolute Gasteiger partial charge is 0.290 e. The van der Waals surface area contributed by atoms with Crippen LogP contribution in [0.4, 0.5) is 0 Å². The van der Waals surface area contributed by atoms with Gasteiger partial charge in [-0.1, -0.05) is 65.2 Å². The molecule has 1 spiro atoms. The molecule has 2 atom stereocenters. The van der Waals surface area contributed by atoms with Gasteiger partial charge in [-0.25, -0.2) is 0 Å².